The number of hydrogen-bond acceptors (Lipinski definition) is 7. The highest BCUT2D eigenvalue weighted by Gasteiger charge is 2.23. The predicted octanol–water partition coefficient (Wildman–Crippen LogP) is 2.64. The lowest BCUT2D eigenvalue weighted by atomic mass is 9.98. The van der Waals surface area contributed by atoms with E-state index in [0.29, 0.717) is 30.6 Å². The molecule has 0 bridgehead atoms. The van der Waals surface area contributed by atoms with E-state index >= 15 is 0 Å². The van der Waals surface area contributed by atoms with Crippen LogP contribution in [0.1, 0.15) is 44.6 Å². The van der Waals surface area contributed by atoms with Crippen LogP contribution in [0.15, 0.2) is 24.8 Å². The van der Waals surface area contributed by atoms with Gasteiger partial charge in [0, 0.05) is 38.4 Å². The average molecular weight is 396 g/mol. The molecule has 0 N–H and O–H groups in total. The number of carbonyl (C=O) groups is 1. The Morgan fingerprint density at radius 1 is 1.00 bits per heavy atom. The molecule has 0 spiro atoms. The van der Waals surface area contributed by atoms with Crippen molar-refractivity contribution in [1.29, 1.82) is 0 Å². The summed E-state index contributed by atoms with van der Waals surface area (Å²) < 4.78 is 5.86. The largest absolute Gasteiger partial charge is 0.476 e. The van der Waals surface area contributed by atoms with Gasteiger partial charge in [0.15, 0.2) is 5.82 Å². The number of anilines is 2. The van der Waals surface area contributed by atoms with Crippen molar-refractivity contribution in [2.24, 2.45) is 5.92 Å². The summed E-state index contributed by atoms with van der Waals surface area (Å²) in [7, 11) is 0. The van der Waals surface area contributed by atoms with Crippen LogP contribution in [0.3, 0.4) is 0 Å². The fourth-order valence-corrected chi connectivity index (χ4v) is 3.77. The number of ether oxygens (including phenoxy) is 1. The molecule has 4 rings (SSSR count). The lowest BCUT2D eigenvalue weighted by Gasteiger charge is -2.31. The van der Waals surface area contributed by atoms with Crippen molar-refractivity contribution in [3.8, 4) is 5.88 Å². The second kappa shape index (κ2) is 9.15. The number of aryl methyl sites for hydroxylation is 1. The minimum atomic E-state index is 0.124. The molecule has 2 saturated heterocycles. The number of nitrogens with zero attached hydrogens (tertiary/aromatic N) is 6. The van der Waals surface area contributed by atoms with E-state index in [9.17, 15) is 4.79 Å². The summed E-state index contributed by atoms with van der Waals surface area (Å²) >= 11 is 0. The van der Waals surface area contributed by atoms with Crippen molar-refractivity contribution in [3.63, 3.8) is 0 Å². The Kier molecular flexibility index (Phi) is 6.17. The third kappa shape index (κ3) is 4.81. The van der Waals surface area contributed by atoms with E-state index in [4.69, 9.17) is 4.74 Å². The summed E-state index contributed by atoms with van der Waals surface area (Å²) in [6.45, 7) is 5.31. The topological polar surface area (TPSA) is 84.3 Å². The van der Waals surface area contributed by atoms with Gasteiger partial charge >= 0.3 is 0 Å². The molecule has 2 aromatic rings. The second-order valence-electron chi connectivity index (χ2n) is 7.70. The average Bonchev–Trinajstić information content (AvgIpc) is 2.79. The maximum atomic E-state index is 12.0. The Morgan fingerprint density at radius 3 is 2.45 bits per heavy atom. The Morgan fingerprint density at radius 2 is 1.79 bits per heavy atom. The zero-order chi connectivity index (χ0) is 20.1. The van der Waals surface area contributed by atoms with E-state index in [1.165, 1.54) is 0 Å². The molecule has 8 heteroatoms. The maximum absolute atomic E-state index is 12.0. The van der Waals surface area contributed by atoms with Gasteiger partial charge in [-0.15, -0.1) is 0 Å². The molecule has 2 fully saturated rings. The zero-order valence-corrected chi connectivity index (χ0v) is 17.0. The molecule has 8 nitrogen and oxygen atoms in total. The zero-order valence-electron chi connectivity index (χ0n) is 17.0. The number of amides is 1. The lowest BCUT2D eigenvalue weighted by Crippen LogP contribution is -2.36. The summed E-state index contributed by atoms with van der Waals surface area (Å²) in [6.07, 6.45) is 12.7. The first kappa shape index (κ1) is 19.5. The first-order valence-electron chi connectivity index (χ1n) is 10.5. The van der Waals surface area contributed by atoms with Gasteiger partial charge < -0.3 is 9.64 Å². The molecule has 0 radical (unpaired) electrons. The van der Waals surface area contributed by atoms with Crippen LogP contribution < -0.4 is 14.5 Å². The smallest absolute Gasteiger partial charge is 0.232 e. The quantitative estimate of drug-likeness (QED) is 0.742. The van der Waals surface area contributed by atoms with E-state index in [0.717, 1.165) is 63.3 Å². The Bertz CT molecular complexity index is 803. The van der Waals surface area contributed by atoms with Crippen LogP contribution in [0.5, 0.6) is 5.88 Å². The van der Waals surface area contributed by atoms with Crippen LogP contribution in [-0.4, -0.2) is 52.1 Å². The van der Waals surface area contributed by atoms with Gasteiger partial charge in [0.25, 0.3) is 0 Å². The first-order chi connectivity index (χ1) is 14.2. The van der Waals surface area contributed by atoms with E-state index < -0.39 is 0 Å². The third-order valence-corrected chi connectivity index (χ3v) is 5.68. The SMILES string of the molecule is CCc1cnc(N2CCC(COc3cnc(N4CCCCC4=O)cn3)CC2)nc1. The van der Waals surface area contributed by atoms with Gasteiger partial charge in [0.2, 0.25) is 17.7 Å². The summed E-state index contributed by atoms with van der Waals surface area (Å²) in [4.78, 5) is 33.6. The van der Waals surface area contributed by atoms with Crippen molar-refractivity contribution < 1.29 is 9.53 Å². The maximum Gasteiger partial charge on any atom is 0.232 e. The third-order valence-electron chi connectivity index (χ3n) is 5.68. The highest BCUT2D eigenvalue weighted by atomic mass is 16.5. The minimum absolute atomic E-state index is 0.124. The van der Waals surface area contributed by atoms with Gasteiger partial charge in [-0.25, -0.2) is 19.9 Å². The Balaban J connectivity index is 1.24. The van der Waals surface area contributed by atoms with Gasteiger partial charge in [0.05, 0.1) is 19.0 Å². The number of rotatable bonds is 6. The molecule has 29 heavy (non-hydrogen) atoms. The molecule has 154 valence electrons. The molecule has 2 aliphatic heterocycles. The van der Waals surface area contributed by atoms with Crippen molar-refractivity contribution in [3.05, 3.63) is 30.4 Å². The molecular weight excluding hydrogens is 368 g/mol. The number of piperidine rings is 2. The van der Waals surface area contributed by atoms with Crippen molar-refractivity contribution in [2.45, 2.75) is 45.4 Å². The number of hydrogen-bond donors (Lipinski definition) is 0. The van der Waals surface area contributed by atoms with Gasteiger partial charge in [-0.3, -0.25) is 9.69 Å². The molecule has 4 heterocycles. The Hall–Kier alpha value is -2.77. The molecule has 0 aromatic carbocycles. The fraction of sp³-hybridized carbons (Fsp3) is 0.571. The minimum Gasteiger partial charge on any atom is -0.476 e. The molecular formula is C21H28N6O2. The van der Waals surface area contributed by atoms with Crippen molar-refractivity contribution >= 4 is 17.7 Å². The van der Waals surface area contributed by atoms with E-state index in [2.05, 4.69) is 31.8 Å². The molecule has 0 atom stereocenters. The molecule has 0 unspecified atom stereocenters. The van der Waals surface area contributed by atoms with Crippen LogP contribution in [0.25, 0.3) is 0 Å². The van der Waals surface area contributed by atoms with E-state index in [1.807, 2.05) is 12.4 Å². The summed E-state index contributed by atoms with van der Waals surface area (Å²) in [5, 5.41) is 0. The van der Waals surface area contributed by atoms with Gasteiger partial charge in [-0.2, -0.15) is 0 Å². The van der Waals surface area contributed by atoms with Gasteiger partial charge in [-0.1, -0.05) is 6.92 Å². The molecule has 2 aliphatic rings. The van der Waals surface area contributed by atoms with Crippen LogP contribution in [0.2, 0.25) is 0 Å². The van der Waals surface area contributed by atoms with E-state index in [1.54, 1.807) is 17.3 Å². The summed E-state index contributed by atoms with van der Waals surface area (Å²) in [6, 6.07) is 0. The standard InChI is InChI=1S/C21H28N6O2/c1-2-16-11-24-21(25-12-16)26-9-6-17(7-10-26)15-29-19-14-22-18(13-23-19)27-8-4-3-5-20(27)28/h11-14,17H,2-10,15H2,1H3. The number of carbonyl (C=O) groups excluding carboxylic acids is 1. The molecule has 2 aromatic heterocycles. The van der Waals surface area contributed by atoms with Crippen LogP contribution >= 0.6 is 0 Å². The Labute approximate surface area is 171 Å². The second-order valence-corrected chi connectivity index (χ2v) is 7.70. The lowest BCUT2D eigenvalue weighted by molar-refractivity contribution is -0.119. The summed E-state index contributed by atoms with van der Waals surface area (Å²) in [5.74, 6) is 2.55. The first-order valence-corrected chi connectivity index (χ1v) is 10.5. The van der Waals surface area contributed by atoms with Gasteiger partial charge in [-0.05, 0) is 43.6 Å². The highest BCUT2D eigenvalue weighted by molar-refractivity contribution is 5.92. The molecule has 0 aliphatic carbocycles. The van der Waals surface area contributed by atoms with Crippen LogP contribution in [0.4, 0.5) is 11.8 Å². The van der Waals surface area contributed by atoms with E-state index in [-0.39, 0.29) is 5.91 Å². The van der Waals surface area contributed by atoms with Crippen LogP contribution in [0, 0.1) is 5.92 Å². The molecule has 0 saturated carbocycles. The van der Waals surface area contributed by atoms with Crippen molar-refractivity contribution in [1.82, 2.24) is 19.9 Å². The summed E-state index contributed by atoms with van der Waals surface area (Å²) in [5.41, 5.74) is 1.16. The molecule has 1 amide bonds. The van der Waals surface area contributed by atoms with Gasteiger partial charge in [0.1, 0.15) is 0 Å². The van der Waals surface area contributed by atoms with Crippen LogP contribution in [-0.2, 0) is 11.2 Å². The normalized spacial score (nSPS) is 18.2. The fourth-order valence-electron chi connectivity index (χ4n) is 3.77. The number of aromatic nitrogens is 4. The predicted molar refractivity (Wildman–Crippen MR) is 110 cm³/mol. The monoisotopic (exact) mass is 396 g/mol. The highest BCUT2D eigenvalue weighted by Crippen LogP contribution is 2.22. The van der Waals surface area contributed by atoms with Crippen molar-refractivity contribution in [2.75, 3.05) is 36.0 Å².